The first-order chi connectivity index (χ1) is 16.4. The standard InChI is InChI=1S/C27H34ClFN4O/c1-19(2)33-15-14-32(27(33)34)13-10-30-8-11-31(12-9-30)26-18-24(20-4-3-5-22(29)16-20)25-17-21(28)6-7-23(25)26/h3-7,16-17,19,24,26H,8-15,18H2,1-2H3/t24-,26+/m1/s1. The summed E-state index contributed by atoms with van der Waals surface area (Å²) in [6, 6.07) is 14.0. The van der Waals surface area contributed by atoms with Gasteiger partial charge in [0.05, 0.1) is 0 Å². The summed E-state index contributed by atoms with van der Waals surface area (Å²) in [5, 5.41) is 0.734. The van der Waals surface area contributed by atoms with E-state index in [4.69, 9.17) is 11.6 Å². The highest BCUT2D eigenvalue weighted by molar-refractivity contribution is 6.30. The van der Waals surface area contributed by atoms with Crippen LogP contribution in [-0.4, -0.2) is 84.0 Å². The number of urea groups is 1. The van der Waals surface area contributed by atoms with Crippen LogP contribution in [0.4, 0.5) is 9.18 Å². The molecule has 0 saturated carbocycles. The van der Waals surface area contributed by atoms with Crippen molar-refractivity contribution in [1.82, 2.24) is 19.6 Å². The maximum Gasteiger partial charge on any atom is 0.320 e. The van der Waals surface area contributed by atoms with E-state index in [9.17, 15) is 9.18 Å². The maximum absolute atomic E-state index is 14.0. The SMILES string of the molecule is CC(C)N1CCN(CCN2CCN([C@H]3C[C@H](c4cccc(F)c4)c4cc(Cl)ccc43)CC2)C1=O. The molecule has 2 aromatic rings. The minimum atomic E-state index is -0.189. The summed E-state index contributed by atoms with van der Waals surface area (Å²) in [5.74, 6) is -0.0244. The van der Waals surface area contributed by atoms with Crippen LogP contribution in [0.3, 0.4) is 0 Å². The first-order valence-corrected chi connectivity index (χ1v) is 12.9. The van der Waals surface area contributed by atoms with Crippen LogP contribution in [0.2, 0.25) is 5.02 Å². The summed E-state index contributed by atoms with van der Waals surface area (Å²) >= 11 is 6.36. The first-order valence-electron chi connectivity index (χ1n) is 12.5. The minimum absolute atomic E-state index is 0.164. The molecule has 5 rings (SSSR count). The Morgan fingerprint density at radius 1 is 0.971 bits per heavy atom. The van der Waals surface area contributed by atoms with Gasteiger partial charge in [0.15, 0.2) is 0 Å². The van der Waals surface area contributed by atoms with Crippen LogP contribution >= 0.6 is 11.6 Å². The van der Waals surface area contributed by atoms with E-state index < -0.39 is 0 Å². The van der Waals surface area contributed by atoms with Crippen LogP contribution in [0, 0.1) is 5.82 Å². The quantitative estimate of drug-likeness (QED) is 0.589. The van der Waals surface area contributed by atoms with E-state index >= 15 is 0 Å². The van der Waals surface area contributed by atoms with Crippen LogP contribution < -0.4 is 0 Å². The van der Waals surface area contributed by atoms with Gasteiger partial charge in [-0.15, -0.1) is 0 Å². The molecule has 2 aromatic carbocycles. The number of nitrogens with zero attached hydrogens (tertiary/aromatic N) is 4. The smallest absolute Gasteiger partial charge is 0.320 e. The van der Waals surface area contributed by atoms with Crippen LogP contribution in [0.25, 0.3) is 0 Å². The lowest BCUT2D eigenvalue weighted by Crippen LogP contribution is -2.49. The molecule has 1 aliphatic carbocycles. The number of hydrogen-bond donors (Lipinski definition) is 0. The number of rotatable bonds is 6. The normalized spacial score (nSPS) is 23.9. The van der Waals surface area contributed by atoms with Crippen molar-refractivity contribution in [3.8, 4) is 0 Å². The van der Waals surface area contributed by atoms with E-state index in [2.05, 4.69) is 35.8 Å². The number of piperazine rings is 1. The second kappa shape index (κ2) is 9.84. The van der Waals surface area contributed by atoms with E-state index in [1.165, 1.54) is 17.2 Å². The fourth-order valence-corrected chi connectivity index (χ4v) is 6.04. The van der Waals surface area contributed by atoms with Gasteiger partial charge in [0.1, 0.15) is 5.82 Å². The van der Waals surface area contributed by atoms with Gasteiger partial charge in [-0.3, -0.25) is 9.80 Å². The van der Waals surface area contributed by atoms with E-state index in [0.29, 0.717) is 6.04 Å². The van der Waals surface area contributed by atoms with Crippen molar-refractivity contribution in [3.63, 3.8) is 0 Å². The van der Waals surface area contributed by atoms with Gasteiger partial charge in [0.2, 0.25) is 0 Å². The van der Waals surface area contributed by atoms with Crippen molar-refractivity contribution >= 4 is 17.6 Å². The Balaban J connectivity index is 1.21. The molecule has 0 bridgehead atoms. The van der Waals surface area contributed by atoms with Crippen molar-refractivity contribution in [2.24, 2.45) is 0 Å². The average molecular weight is 485 g/mol. The fraction of sp³-hybridized carbons (Fsp3) is 0.519. The molecule has 0 spiro atoms. The minimum Gasteiger partial charge on any atom is -0.322 e. The molecule has 2 amide bonds. The second-order valence-corrected chi connectivity index (χ2v) is 10.5. The number of halogens is 2. The van der Waals surface area contributed by atoms with Crippen LogP contribution in [0.5, 0.6) is 0 Å². The van der Waals surface area contributed by atoms with Gasteiger partial charge in [0.25, 0.3) is 0 Å². The highest BCUT2D eigenvalue weighted by Gasteiger charge is 2.37. The second-order valence-electron chi connectivity index (χ2n) is 10.1. The molecule has 2 atom stereocenters. The molecular weight excluding hydrogens is 451 g/mol. The average Bonchev–Trinajstić information content (AvgIpc) is 3.38. The van der Waals surface area contributed by atoms with E-state index in [1.54, 1.807) is 12.1 Å². The van der Waals surface area contributed by atoms with Crippen LogP contribution in [0.15, 0.2) is 42.5 Å². The highest BCUT2D eigenvalue weighted by atomic mass is 35.5. The molecule has 3 aliphatic rings. The van der Waals surface area contributed by atoms with Gasteiger partial charge in [-0.05, 0) is 61.2 Å². The topological polar surface area (TPSA) is 30.0 Å². The molecule has 34 heavy (non-hydrogen) atoms. The molecule has 0 aromatic heterocycles. The molecule has 0 N–H and O–H groups in total. The number of benzene rings is 2. The number of carbonyl (C=O) groups excluding carboxylic acids is 1. The van der Waals surface area contributed by atoms with Gasteiger partial charge in [0, 0.05) is 75.4 Å². The summed E-state index contributed by atoms with van der Waals surface area (Å²) in [5.41, 5.74) is 3.58. The third-order valence-corrected chi connectivity index (χ3v) is 8.01. The molecule has 2 fully saturated rings. The Morgan fingerprint density at radius 2 is 1.76 bits per heavy atom. The molecule has 2 aliphatic heterocycles. The van der Waals surface area contributed by atoms with Gasteiger partial charge in [-0.2, -0.15) is 0 Å². The number of carbonyl (C=O) groups is 1. The van der Waals surface area contributed by atoms with Crippen LogP contribution in [-0.2, 0) is 0 Å². The summed E-state index contributed by atoms with van der Waals surface area (Å²) in [4.78, 5) is 21.5. The Bertz CT molecular complexity index is 1040. The van der Waals surface area contributed by atoms with Crippen molar-refractivity contribution in [2.45, 2.75) is 38.3 Å². The largest absolute Gasteiger partial charge is 0.322 e. The molecule has 0 radical (unpaired) electrons. The third kappa shape index (κ3) is 4.68. The van der Waals surface area contributed by atoms with Crippen molar-refractivity contribution in [1.29, 1.82) is 0 Å². The first kappa shape index (κ1) is 23.6. The molecule has 7 heteroatoms. The maximum atomic E-state index is 14.0. The lowest BCUT2D eigenvalue weighted by atomic mass is 9.93. The van der Waals surface area contributed by atoms with Crippen LogP contribution in [0.1, 0.15) is 48.9 Å². The molecule has 5 nitrogen and oxygen atoms in total. The zero-order chi connectivity index (χ0) is 23.8. The van der Waals surface area contributed by atoms with E-state index in [-0.39, 0.29) is 23.8 Å². The third-order valence-electron chi connectivity index (χ3n) is 7.78. The Morgan fingerprint density at radius 3 is 2.47 bits per heavy atom. The van der Waals surface area contributed by atoms with E-state index in [0.717, 1.165) is 69.4 Å². The summed E-state index contributed by atoms with van der Waals surface area (Å²) in [7, 11) is 0. The summed E-state index contributed by atoms with van der Waals surface area (Å²) in [6.45, 7) is 11.5. The molecular formula is C27H34ClFN4O. The predicted molar refractivity (Wildman–Crippen MR) is 134 cm³/mol. The van der Waals surface area contributed by atoms with E-state index in [1.807, 2.05) is 21.9 Å². The van der Waals surface area contributed by atoms with Crippen molar-refractivity contribution in [3.05, 3.63) is 70.0 Å². The molecule has 2 saturated heterocycles. The van der Waals surface area contributed by atoms with Gasteiger partial charge in [-0.1, -0.05) is 29.8 Å². The number of hydrogen-bond acceptors (Lipinski definition) is 3. The van der Waals surface area contributed by atoms with Crippen molar-refractivity contribution < 1.29 is 9.18 Å². The zero-order valence-corrected chi connectivity index (χ0v) is 20.8. The number of fused-ring (bicyclic) bond motifs is 1. The molecule has 182 valence electrons. The predicted octanol–water partition coefficient (Wildman–Crippen LogP) is 4.82. The lowest BCUT2D eigenvalue weighted by Gasteiger charge is -2.39. The number of amides is 2. The highest BCUT2D eigenvalue weighted by Crippen LogP contribution is 2.47. The lowest BCUT2D eigenvalue weighted by molar-refractivity contribution is 0.0900. The Kier molecular flexibility index (Phi) is 6.83. The molecule has 2 heterocycles. The fourth-order valence-electron chi connectivity index (χ4n) is 5.86. The van der Waals surface area contributed by atoms with Crippen molar-refractivity contribution in [2.75, 3.05) is 52.4 Å². The zero-order valence-electron chi connectivity index (χ0n) is 20.1. The summed E-state index contributed by atoms with van der Waals surface area (Å²) < 4.78 is 14.0. The Labute approximate surface area is 207 Å². The van der Waals surface area contributed by atoms with Gasteiger partial charge in [-0.25, -0.2) is 9.18 Å². The van der Waals surface area contributed by atoms with Gasteiger partial charge < -0.3 is 9.80 Å². The Hall–Kier alpha value is -2.15. The monoisotopic (exact) mass is 484 g/mol. The summed E-state index contributed by atoms with van der Waals surface area (Å²) in [6.07, 6.45) is 0.951. The van der Waals surface area contributed by atoms with Gasteiger partial charge >= 0.3 is 6.03 Å². The molecule has 0 unspecified atom stereocenters.